The first-order chi connectivity index (χ1) is 9.72. The Balaban J connectivity index is 1.74. The van der Waals surface area contributed by atoms with E-state index in [0.29, 0.717) is 12.3 Å². The lowest BCUT2D eigenvalue weighted by molar-refractivity contribution is -0.122. The lowest BCUT2D eigenvalue weighted by atomic mass is 9.96. The third-order valence-corrected chi connectivity index (χ3v) is 4.35. The summed E-state index contributed by atoms with van der Waals surface area (Å²) in [5.74, 6) is 0.782. The Labute approximate surface area is 121 Å². The predicted octanol–water partition coefficient (Wildman–Crippen LogP) is 2.43. The number of nitrogens with one attached hydrogen (secondary N) is 1. The summed E-state index contributed by atoms with van der Waals surface area (Å²) in [4.78, 5) is 12.0. The second-order valence-electron chi connectivity index (χ2n) is 5.83. The number of amides is 1. The molecule has 3 nitrogen and oxygen atoms in total. The number of carbonyl (C=O) groups is 1. The molecule has 0 saturated carbocycles. The zero-order valence-corrected chi connectivity index (χ0v) is 12.4. The van der Waals surface area contributed by atoms with Gasteiger partial charge in [0.1, 0.15) is 0 Å². The van der Waals surface area contributed by atoms with Gasteiger partial charge in [0.25, 0.3) is 0 Å². The van der Waals surface area contributed by atoms with Gasteiger partial charge in [-0.2, -0.15) is 0 Å². The summed E-state index contributed by atoms with van der Waals surface area (Å²) >= 11 is 0. The highest BCUT2D eigenvalue weighted by Crippen LogP contribution is 2.22. The monoisotopic (exact) mass is 274 g/mol. The number of hydrogen-bond donors (Lipinski definition) is 2. The molecule has 1 atom stereocenters. The molecular formula is C17H26N2O. The Hall–Kier alpha value is -1.35. The molecule has 1 aromatic rings. The van der Waals surface area contributed by atoms with Gasteiger partial charge in [0.15, 0.2) is 0 Å². The summed E-state index contributed by atoms with van der Waals surface area (Å²) in [7, 11) is 0. The highest BCUT2D eigenvalue weighted by atomic mass is 16.1. The smallest absolute Gasteiger partial charge is 0.220 e. The van der Waals surface area contributed by atoms with Crippen molar-refractivity contribution in [2.45, 2.75) is 51.5 Å². The molecule has 2 rings (SSSR count). The summed E-state index contributed by atoms with van der Waals surface area (Å²) in [5.41, 5.74) is 8.36. The zero-order valence-electron chi connectivity index (χ0n) is 12.4. The van der Waals surface area contributed by atoms with E-state index in [9.17, 15) is 4.79 Å². The molecule has 0 fully saturated rings. The molecule has 110 valence electrons. The fraction of sp³-hybridized carbons (Fsp3) is 0.588. The van der Waals surface area contributed by atoms with E-state index in [1.54, 1.807) is 0 Å². The van der Waals surface area contributed by atoms with E-state index < -0.39 is 0 Å². The number of hydrogen-bond acceptors (Lipinski definition) is 2. The van der Waals surface area contributed by atoms with Crippen molar-refractivity contribution in [1.29, 1.82) is 0 Å². The summed E-state index contributed by atoms with van der Waals surface area (Å²) in [6.07, 6.45) is 5.67. The van der Waals surface area contributed by atoms with Crippen LogP contribution in [0.4, 0.5) is 0 Å². The van der Waals surface area contributed by atoms with Gasteiger partial charge >= 0.3 is 0 Å². The van der Waals surface area contributed by atoms with Crippen molar-refractivity contribution in [2.24, 2.45) is 11.7 Å². The van der Waals surface area contributed by atoms with Crippen molar-refractivity contribution in [3.63, 3.8) is 0 Å². The number of carbonyl (C=O) groups excluding carboxylic acids is 1. The van der Waals surface area contributed by atoms with Crippen molar-refractivity contribution in [2.75, 3.05) is 6.54 Å². The van der Waals surface area contributed by atoms with E-state index in [4.69, 9.17) is 5.73 Å². The number of rotatable bonds is 7. The van der Waals surface area contributed by atoms with Crippen LogP contribution in [0.1, 0.15) is 43.7 Å². The first kappa shape index (κ1) is 15.0. The normalized spacial score (nSPS) is 15.9. The maximum Gasteiger partial charge on any atom is 0.220 e. The van der Waals surface area contributed by atoms with Gasteiger partial charge in [-0.25, -0.2) is 0 Å². The van der Waals surface area contributed by atoms with Crippen LogP contribution in [0.15, 0.2) is 24.3 Å². The molecule has 0 saturated heterocycles. The molecule has 20 heavy (non-hydrogen) atoms. The highest BCUT2D eigenvalue weighted by molar-refractivity contribution is 5.76. The van der Waals surface area contributed by atoms with Gasteiger partial charge in [-0.3, -0.25) is 4.79 Å². The summed E-state index contributed by atoms with van der Waals surface area (Å²) in [6, 6.07) is 8.75. The van der Waals surface area contributed by atoms with Crippen LogP contribution in [-0.2, 0) is 17.6 Å². The van der Waals surface area contributed by atoms with Crippen LogP contribution in [-0.4, -0.2) is 18.5 Å². The van der Waals surface area contributed by atoms with Gasteiger partial charge in [0, 0.05) is 12.5 Å². The molecule has 0 bridgehead atoms. The van der Waals surface area contributed by atoms with E-state index >= 15 is 0 Å². The number of nitrogens with two attached hydrogens (primary N) is 1. The fourth-order valence-electron chi connectivity index (χ4n) is 3.08. The van der Waals surface area contributed by atoms with Crippen molar-refractivity contribution >= 4 is 5.91 Å². The van der Waals surface area contributed by atoms with Crippen LogP contribution < -0.4 is 11.1 Å². The first-order valence-corrected chi connectivity index (χ1v) is 7.79. The van der Waals surface area contributed by atoms with Crippen molar-refractivity contribution in [3.05, 3.63) is 35.4 Å². The summed E-state index contributed by atoms with van der Waals surface area (Å²) in [5, 5.41) is 3.18. The Morgan fingerprint density at radius 2 is 1.95 bits per heavy atom. The quantitative estimate of drug-likeness (QED) is 0.802. The minimum Gasteiger partial charge on any atom is -0.353 e. The zero-order chi connectivity index (χ0) is 14.4. The fourth-order valence-corrected chi connectivity index (χ4v) is 3.08. The molecule has 0 radical (unpaired) electrons. The second kappa shape index (κ2) is 7.44. The first-order valence-electron chi connectivity index (χ1n) is 7.79. The van der Waals surface area contributed by atoms with Gasteiger partial charge in [0.2, 0.25) is 5.91 Å². The third-order valence-electron chi connectivity index (χ3n) is 4.35. The molecular weight excluding hydrogens is 248 g/mol. The number of fused-ring (bicyclic) bond motifs is 1. The van der Waals surface area contributed by atoms with Crippen molar-refractivity contribution < 1.29 is 4.79 Å². The van der Waals surface area contributed by atoms with Crippen LogP contribution in [0, 0.1) is 5.92 Å². The highest BCUT2D eigenvalue weighted by Gasteiger charge is 2.22. The Morgan fingerprint density at radius 1 is 1.30 bits per heavy atom. The van der Waals surface area contributed by atoms with Gasteiger partial charge in [-0.15, -0.1) is 0 Å². The van der Waals surface area contributed by atoms with Gasteiger partial charge < -0.3 is 11.1 Å². The minimum atomic E-state index is 0.193. The van der Waals surface area contributed by atoms with Crippen LogP contribution in [0.3, 0.4) is 0 Å². The molecule has 1 aliphatic rings. The summed E-state index contributed by atoms with van der Waals surface area (Å²) in [6.45, 7) is 2.89. The van der Waals surface area contributed by atoms with E-state index in [2.05, 4.69) is 36.5 Å². The van der Waals surface area contributed by atoms with E-state index in [1.165, 1.54) is 11.1 Å². The van der Waals surface area contributed by atoms with Crippen molar-refractivity contribution in [1.82, 2.24) is 5.32 Å². The molecule has 3 heteroatoms. The van der Waals surface area contributed by atoms with Crippen LogP contribution >= 0.6 is 0 Å². The van der Waals surface area contributed by atoms with Crippen LogP contribution in [0.25, 0.3) is 0 Å². The van der Waals surface area contributed by atoms with Crippen LogP contribution in [0.5, 0.6) is 0 Å². The molecule has 0 aliphatic heterocycles. The SMILES string of the molecule is CCC(CCN)CCC(=O)NC1Cc2ccccc2C1. The molecule has 0 heterocycles. The predicted molar refractivity (Wildman–Crippen MR) is 82.5 cm³/mol. The maximum absolute atomic E-state index is 12.0. The molecule has 0 aromatic heterocycles. The van der Waals surface area contributed by atoms with Crippen molar-refractivity contribution in [3.8, 4) is 0 Å². The largest absolute Gasteiger partial charge is 0.353 e. The Kier molecular flexibility index (Phi) is 5.60. The molecule has 1 unspecified atom stereocenters. The van der Waals surface area contributed by atoms with E-state index in [0.717, 1.165) is 38.6 Å². The molecule has 0 spiro atoms. The lowest BCUT2D eigenvalue weighted by Crippen LogP contribution is -2.35. The Bertz CT molecular complexity index is 419. The van der Waals surface area contributed by atoms with Gasteiger partial charge in [-0.1, -0.05) is 37.6 Å². The molecule has 1 amide bonds. The maximum atomic E-state index is 12.0. The van der Waals surface area contributed by atoms with Crippen LogP contribution in [0.2, 0.25) is 0 Å². The lowest BCUT2D eigenvalue weighted by Gasteiger charge is -2.15. The molecule has 3 N–H and O–H groups in total. The van der Waals surface area contributed by atoms with Gasteiger partial charge in [0.05, 0.1) is 0 Å². The topological polar surface area (TPSA) is 55.1 Å². The summed E-state index contributed by atoms with van der Waals surface area (Å²) < 4.78 is 0. The molecule has 1 aliphatic carbocycles. The third kappa shape index (κ3) is 4.07. The second-order valence-corrected chi connectivity index (χ2v) is 5.83. The minimum absolute atomic E-state index is 0.193. The average molecular weight is 274 g/mol. The standard InChI is InChI=1S/C17H26N2O/c1-2-13(9-10-18)7-8-17(20)19-16-11-14-5-3-4-6-15(14)12-16/h3-6,13,16H,2,7-12,18H2,1H3,(H,19,20). The van der Waals surface area contributed by atoms with Gasteiger partial charge in [-0.05, 0) is 49.3 Å². The number of benzene rings is 1. The average Bonchev–Trinajstić information content (AvgIpc) is 2.85. The van der Waals surface area contributed by atoms with E-state index in [-0.39, 0.29) is 11.9 Å². The molecule has 1 aromatic carbocycles. The Morgan fingerprint density at radius 3 is 2.50 bits per heavy atom. The van der Waals surface area contributed by atoms with E-state index in [1.807, 2.05) is 0 Å².